The highest BCUT2D eigenvalue weighted by atomic mass is 35.5. The van der Waals surface area contributed by atoms with Gasteiger partial charge in [0, 0.05) is 23.6 Å². The van der Waals surface area contributed by atoms with Gasteiger partial charge in [0.25, 0.3) is 5.91 Å². The predicted octanol–water partition coefficient (Wildman–Crippen LogP) is 5.67. The van der Waals surface area contributed by atoms with Gasteiger partial charge in [-0.15, -0.1) is 0 Å². The number of rotatable bonds is 6. The van der Waals surface area contributed by atoms with E-state index in [4.69, 9.17) is 21.4 Å². The molecule has 2 aliphatic heterocycles. The van der Waals surface area contributed by atoms with Gasteiger partial charge in [0.05, 0.1) is 18.9 Å². The average Bonchev–Trinajstić information content (AvgIpc) is 3.50. The number of halogens is 2. The third-order valence-corrected chi connectivity index (χ3v) is 7.41. The number of nitrogens with one attached hydrogen (secondary N) is 1. The van der Waals surface area contributed by atoms with Crippen LogP contribution in [0.25, 0.3) is 0 Å². The van der Waals surface area contributed by atoms with Crippen LogP contribution >= 0.6 is 23.4 Å². The predicted molar refractivity (Wildman–Crippen MR) is 144 cm³/mol. The number of hydrogen-bond donors (Lipinski definition) is 1. The summed E-state index contributed by atoms with van der Waals surface area (Å²) in [6, 6.07) is 20.4. The smallest absolute Gasteiger partial charge is 0.262 e. The molecule has 0 saturated carbocycles. The molecule has 5 rings (SSSR count). The molecule has 0 spiro atoms. The van der Waals surface area contributed by atoms with E-state index in [1.807, 2.05) is 48.5 Å². The van der Waals surface area contributed by atoms with E-state index in [-0.39, 0.29) is 18.4 Å². The molecule has 2 atom stereocenters. The number of nitrogens with zero attached hydrogens (tertiary/aromatic N) is 3. The molecule has 188 valence electrons. The highest BCUT2D eigenvalue weighted by Crippen LogP contribution is 2.39. The normalized spacial score (nSPS) is 19.0. The summed E-state index contributed by atoms with van der Waals surface area (Å²) >= 11 is 7.32. The van der Waals surface area contributed by atoms with Gasteiger partial charge < -0.3 is 10.1 Å². The van der Waals surface area contributed by atoms with Gasteiger partial charge in [-0.25, -0.2) is 9.40 Å². The maximum atomic E-state index is 13.1. The molecular weight excluding hydrogens is 515 g/mol. The number of carbonyl (C=O) groups is 2. The first kappa shape index (κ1) is 25.0. The third-order valence-electron chi connectivity index (χ3n) is 6.01. The van der Waals surface area contributed by atoms with E-state index in [0.717, 1.165) is 22.6 Å². The molecule has 2 amide bonds. The standard InChI is InChI=1S/C27H22ClFN4O3S/c1-36-21-12-4-16(5-13-21)22-14-23(17-2-6-18(28)7-3-17)33(32-22)27-31-26(35)24(37-27)15-25(34)30-20-10-8-19(29)9-11-20/h2-13,23-24H,14-15H2,1H3,(H,30,34)/t23-,24-/m0/s1. The van der Waals surface area contributed by atoms with E-state index in [1.54, 1.807) is 12.1 Å². The molecule has 0 aromatic heterocycles. The van der Waals surface area contributed by atoms with Crippen LogP contribution in [0.5, 0.6) is 5.75 Å². The molecule has 2 heterocycles. The Morgan fingerprint density at radius 1 is 1.11 bits per heavy atom. The van der Waals surface area contributed by atoms with Gasteiger partial charge in [0.1, 0.15) is 16.8 Å². The van der Waals surface area contributed by atoms with Gasteiger partial charge in [0.15, 0.2) is 5.17 Å². The van der Waals surface area contributed by atoms with Gasteiger partial charge in [-0.3, -0.25) is 9.59 Å². The second kappa shape index (κ2) is 10.7. The number of hydrogen-bond acceptors (Lipinski definition) is 6. The summed E-state index contributed by atoms with van der Waals surface area (Å²) in [5.41, 5.74) is 3.22. The quantitative estimate of drug-likeness (QED) is 0.439. The maximum absolute atomic E-state index is 13.1. The molecule has 2 aliphatic rings. The second-order valence-electron chi connectivity index (χ2n) is 8.49. The summed E-state index contributed by atoms with van der Waals surface area (Å²) in [5.74, 6) is -0.395. The lowest BCUT2D eigenvalue weighted by atomic mass is 9.98. The lowest BCUT2D eigenvalue weighted by Gasteiger charge is -2.23. The summed E-state index contributed by atoms with van der Waals surface area (Å²) in [6.45, 7) is 0. The summed E-state index contributed by atoms with van der Waals surface area (Å²) in [7, 11) is 1.61. The topological polar surface area (TPSA) is 83.4 Å². The van der Waals surface area contributed by atoms with Crippen LogP contribution in [0.4, 0.5) is 10.1 Å². The number of amidine groups is 1. The van der Waals surface area contributed by atoms with Crippen molar-refractivity contribution in [1.82, 2.24) is 5.01 Å². The Bertz CT molecular complexity index is 1380. The molecule has 0 aliphatic carbocycles. The van der Waals surface area contributed by atoms with Gasteiger partial charge in [-0.1, -0.05) is 35.5 Å². The number of hydrazone groups is 1. The molecule has 7 nitrogen and oxygen atoms in total. The minimum absolute atomic E-state index is 0.0671. The molecule has 10 heteroatoms. The highest BCUT2D eigenvalue weighted by Gasteiger charge is 2.39. The van der Waals surface area contributed by atoms with Crippen LogP contribution in [0, 0.1) is 5.82 Å². The van der Waals surface area contributed by atoms with Gasteiger partial charge in [-0.05, 0) is 71.8 Å². The highest BCUT2D eigenvalue weighted by molar-refractivity contribution is 8.15. The van der Waals surface area contributed by atoms with E-state index in [0.29, 0.717) is 22.3 Å². The monoisotopic (exact) mass is 536 g/mol. The van der Waals surface area contributed by atoms with Crippen molar-refractivity contribution in [1.29, 1.82) is 0 Å². The first-order valence-corrected chi connectivity index (χ1v) is 12.8. The van der Waals surface area contributed by atoms with E-state index in [1.165, 1.54) is 36.0 Å². The molecule has 0 bridgehead atoms. The van der Waals surface area contributed by atoms with Crippen molar-refractivity contribution >= 4 is 51.7 Å². The molecule has 1 N–H and O–H groups in total. The summed E-state index contributed by atoms with van der Waals surface area (Å²) in [5, 5.41) is 9.67. The van der Waals surface area contributed by atoms with E-state index < -0.39 is 17.0 Å². The Morgan fingerprint density at radius 2 is 1.81 bits per heavy atom. The first-order chi connectivity index (χ1) is 17.9. The number of thioether (sulfide) groups is 1. The number of ether oxygens (including phenoxy) is 1. The lowest BCUT2D eigenvalue weighted by molar-refractivity contribution is -0.121. The van der Waals surface area contributed by atoms with Crippen molar-refractivity contribution in [3.8, 4) is 5.75 Å². The zero-order chi connectivity index (χ0) is 25.9. The van der Waals surface area contributed by atoms with Crippen LogP contribution in [-0.2, 0) is 9.59 Å². The van der Waals surface area contributed by atoms with Crippen molar-refractivity contribution < 1.29 is 18.7 Å². The van der Waals surface area contributed by atoms with Crippen LogP contribution in [0.1, 0.15) is 30.0 Å². The Hall–Kier alpha value is -3.69. The maximum Gasteiger partial charge on any atom is 0.262 e. The van der Waals surface area contributed by atoms with Crippen molar-refractivity contribution in [2.45, 2.75) is 24.1 Å². The number of aliphatic imine (C=N–C) groups is 1. The van der Waals surface area contributed by atoms with E-state index in [9.17, 15) is 14.0 Å². The number of benzene rings is 3. The zero-order valence-corrected chi connectivity index (χ0v) is 21.3. The van der Waals surface area contributed by atoms with Gasteiger partial charge in [-0.2, -0.15) is 10.1 Å². The molecule has 0 fully saturated rings. The minimum atomic E-state index is -0.679. The Labute approximate surface area is 222 Å². The minimum Gasteiger partial charge on any atom is -0.497 e. The number of amides is 2. The number of carbonyl (C=O) groups excluding carboxylic acids is 2. The summed E-state index contributed by atoms with van der Waals surface area (Å²) in [4.78, 5) is 29.5. The first-order valence-electron chi connectivity index (χ1n) is 11.5. The second-order valence-corrected chi connectivity index (χ2v) is 10.1. The number of anilines is 1. The third kappa shape index (κ3) is 5.68. The van der Waals surface area contributed by atoms with Gasteiger partial charge >= 0.3 is 0 Å². The molecule has 3 aromatic rings. The van der Waals surface area contributed by atoms with Gasteiger partial charge in [0.2, 0.25) is 5.91 Å². The Balaban J connectivity index is 1.35. The summed E-state index contributed by atoms with van der Waals surface area (Å²) in [6.07, 6.45) is 0.528. The molecule has 0 radical (unpaired) electrons. The SMILES string of the molecule is COc1ccc(C2=NN(C3=NC(=O)[C@H](CC(=O)Nc4ccc(F)cc4)S3)[C@H](c3ccc(Cl)cc3)C2)cc1. The Morgan fingerprint density at radius 3 is 2.49 bits per heavy atom. The zero-order valence-electron chi connectivity index (χ0n) is 19.7. The van der Waals surface area contributed by atoms with Crippen molar-refractivity contribution in [3.63, 3.8) is 0 Å². The molecule has 37 heavy (non-hydrogen) atoms. The molecular formula is C27H22ClFN4O3S. The largest absolute Gasteiger partial charge is 0.497 e. The van der Waals surface area contributed by atoms with Crippen LogP contribution in [0.15, 0.2) is 82.9 Å². The fourth-order valence-electron chi connectivity index (χ4n) is 4.11. The van der Waals surface area contributed by atoms with Crippen molar-refractivity contribution in [3.05, 3.63) is 94.8 Å². The van der Waals surface area contributed by atoms with Crippen molar-refractivity contribution in [2.24, 2.45) is 10.1 Å². The van der Waals surface area contributed by atoms with Crippen LogP contribution in [0.2, 0.25) is 5.02 Å². The van der Waals surface area contributed by atoms with Crippen LogP contribution in [-0.4, -0.2) is 40.1 Å². The molecule has 0 unspecified atom stereocenters. The van der Waals surface area contributed by atoms with Crippen LogP contribution < -0.4 is 10.1 Å². The lowest BCUT2D eigenvalue weighted by Crippen LogP contribution is -2.25. The fraction of sp³-hybridized carbons (Fsp3) is 0.185. The van der Waals surface area contributed by atoms with Crippen molar-refractivity contribution in [2.75, 3.05) is 12.4 Å². The average molecular weight is 537 g/mol. The van der Waals surface area contributed by atoms with E-state index >= 15 is 0 Å². The van der Waals surface area contributed by atoms with E-state index in [2.05, 4.69) is 10.3 Å². The van der Waals surface area contributed by atoms with Crippen LogP contribution in [0.3, 0.4) is 0 Å². The number of methoxy groups -OCH3 is 1. The fourth-order valence-corrected chi connectivity index (χ4v) is 5.29. The molecule has 0 saturated heterocycles. The summed E-state index contributed by atoms with van der Waals surface area (Å²) < 4.78 is 18.4. The Kier molecular flexibility index (Phi) is 7.25. The molecule has 3 aromatic carbocycles.